The van der Waals surface area contributed by atoms with Crippen LogP contribution in [0.15, 0.2) is 82.2 Å². The first-order chi connectivity index (χ1) is 15.2. The number of carbonyl (C=O) groups is 1. The zero-order chi connectivity index (χ0) is 21.5. The molecule has 0 radical (unpaired) electrons. The second kappa shape index (κ2) is 10.2. The Bertz CT molecular complexity index is 1170. The summed E-state index contributed by atoms with van der Waals surface area (Å²) in [4.78, 5) is 16.7. The van der Waals surface area contributed by atoms with Gasteiger partial charge in [-0.1, -0.05) is 65.9 Å². The van der Waals surface area contributed by atoms with E-state index in [2.05, 4.69) is 46.7 Å². The second-order valence-electron chi connectivity index (χ2n) is 6.84. The average molecular weight is 448 g/mol. The molecule has 0 saturated heterocycles. The minimum atomic E-state index is -0.182. The van der Waals surface area contributed by atoms with E-state index in [9.17, 15) is 4.79 Å². The molecule has 0 spiro atoms. The number of amides is 1. The van der Waals surface area contributed by atoms with E-state index in [1.165, 1.54) is 17.3 Å². The molecule has 0 saturated carbocycles. The number of rotatable bonds is 8. The zero-order valence-corrected chi connectivity index (χ0v) is 18.6. The number of nitrogens with one attached hydrogen (secondary N) is 1. The maximum atomic E-state index is 12.1. The Morgan fingerprint density at radius 2 is 1.87 bits per heavy atom. The topological polar surface area (TPSA) is 63.6 Å². The number of nitrogens with zero attached hydrogens (tertiary/aromatic N) is 2. The minimum Gasteiger partial charge on any atom is -0.488 e. The second-order valence-corrected chi connectivity index (χ2v) is 9.09. The van der Waals surface area contributed by atoms with E-state index in [1.54, 1.807) is 17.6 Å². The lowest BCUT2D eigenvalue weighted by atomic mass is 10.1. The van der Waals surface area contributed by atoms with Crippen LogP contribution in [0.4, 0.5) is 0 Å². The van der Waals surface area contributed by atoms with Crippen LogP contribution in [0, 0.1) is 6.92 Å². The van der Waals surface area contributed by atoms with Gasteiger partial charge in [-0.25, -0.2) is 10.4 Å². The normalized spacial score (nSPS) is 11.1. The number of thiazole rings is 1. The summed E-state index contributed by atoms with van der Waals surface area (Å²) in [5, 5.41) is 4.09. The number of thioether (sulfide) groups is 1. The molecule has 7 heteroatoms. The van der Waals surface area contributed by atoms with Gasteiger partial charge in [0, 0.05) is 5.56 Å². The first kappa shape index (κ1) is 21.1. The van der Waals surface area contributed by atoms with Gasteiger partial charge in [0.05, 0.1) is 22.2 Å². The van der Waals surface area contributed by atoms with E-state index < -0.39 is 0 Å². The van der Waals surface area contributed by atoms with E-state index in [0.29, 0.717) is 12.4 Å². The predicted octanol–water partition coefficient (Wildman–Crippen LogP) is 5.43. The van der Waals surface area contributed by atoms with Crippen LogP contribution < -0.4 is 10.2 Å². The molecule has 31 heavy (non-hydrogen) atoms. The number of ether oxygens (including phenoxy) is 1. The monoisotopic (exact) mass is 447 g/mol. The lowest BCUT2D eigenvalue weighted by molar-refractivity contribution is -0.118. The first-order valence-electron chi connectivity index (χ1n) is 9.75. The number of hydrogen-bond acceptors (Lipinski definition) is 6. The molecule has 0 aliphatic carbocycles. The molecule has 0 atom stereocenters. The van der Waals surface area contributed by atoms with Crippen LogP contribution in [0.1, 0.15) is 16.7 Å². The summed E-state index contributed by atoms with van der Waals surface area (Å²) < 4.78 is 7.93. The summed E-state index contributed by atoms with van der Waals surface area (Å²) in [6.45, 7) is 2.53. The lowest BCUT2D eigenvalue weighted by Gasteiger charge is -2.09. The maximum Gasteiger partial charge on any atom is 0.250 e. The highest BCUT2D eigenvalue weighted by Gasteiger charge is 2.07. The van der Waals surface area contributed by atoms with Crippen molar-refractivity contribution in [1.29, 1.82) is 0 Å². The van der Waals surface area contributed by atoms with Crippen LogP contribution in [0.25, 0.3) is 10.2 Å². The number of fused-ring (bicyclic) bond motifs is 1. The first-order valence-corrected chi connectivity index (χ1v) is 11.6. The van der Waals surface area contributed by atoms with Gasteiger partial charge >= 0.3 is 0 Å². The van der Waals surface area contributed by atoms with Crippen molar-refractivity contribution in [3.05, 3.63) is 89.5 Å². The van der Waals surface area contributed by atoms with Crippen molar-refractivity contribution in [2.75, 3.05) is 5.75 Å². The molecule has 1 aromatic heterocycles. The van der Waals surface area contributed by atoms with Crippen molar-refractivity contribution in [2.24, 2.45) is 5.10 Å². The number of carbonyl (C=O) groups excluding carboxylic acids is 1. The molecule has 0 unspecified atom stereocenters. The van der Waals surface area contributed by atoms with Crippen molar-refractivity contribution < 1.29 is 9.53 Å². The highest BCUT2D eigenvalue weighted by atomic mass is 32.2. The number of benzene rings is 3. The van der Waals surface area contributed by atoms with E-state index >= 15 is 0 Å². The van der Waals surface area contributed by atoms with Crippen molar-refractivity contribution in [3.8, 4) is 5.75 Å². The highest BCUT2D eigenvalue weighted by Crippen LogP contribution is 2.29. The molecule has 0 aliphatic heterocycles. The highest BCUT2D eigenvalue weighted by molar-refractivity contribution is 8.01. The van der Waals surface area contributed by atoms with Gasteiger partial charge in [-0.3, -0.25) is 4.79 Å². The summed E-state index contributed by atoms with van der Waals surface area (Å²) in [5.41, 5.74) is 6.64. The number of para-hydroxylation sites is 2. The summed E-state index contributed by atoms with van der Waals surface area (Å²) in [7, 11) is 0. The van der Waals surface area contributed by atoms with E-state index in [0.717, 1.165) is 25.7 Å². The SMILES string of the molecule is Cc1ccc(COc2ccccc2/C=N/NC(=O)CSc2nc3ccccc3s2)cc1. The Morgan fingerprint density at radius 3 is 2.71 bits per heavy atom. The molecule has 0 bridgehead atoms. The number of aryl methyl sites for hydroxylation is 1. The van der Waals surface area contributed by atoms with Crippen molar-refractivity contribution in [1.82, 2.24) is 10.4 Å². The molecule has 4 rings (SSSR count). The van der Waals surface area contributed by atoms with E-state index in [4.69, 9.17) is 4.74 Å². The summed E-state index contributed by atoms with van der Waals surface area (Å²) in [6, 6.07) is 23.8. The fourth-order valence-electron chi connectivity index (χ4n) is 2.81. The number of hydrazone groups is 1. The lowest BCUT2D eigenvalue weighted by Crippen LogP contribution is -2.19. The number of hydrogen-bond donors (Lipinski definition) is 1. The Balaban J connectivity index is 1.29. The molecule has 5 nitrogen and oxygen atoms in total. The molecule has 1 heterocycles. The van der Waals surface area contributed by atoms with Gasteiger partial charge in [0.15, 0.2) is 4.34 Å². The van der Waals surface area contributed by atoms with Gasteiger partial charge in [0.1, 0.15) is 12.4 Å². The zero-order valence-electron chi connectivity index (χ0n) is 16.9. The molecule has 1 amide bonds. The van der Waals surface area contributed by atoms with Crippen LogP contribution >= 0.6 is 23.1 Å². The van der Waals surface area contributed by atoms with Crippen LogP contribution in [0.3, 0.4) is 0 Å². The van der Waals surface area contributed by atoms with Gasteiger partial charge < -0.3 is 4.74 Å². The molecule has 1 N–H and O–H groups in total. The average Bonchev–Trinajstić information content (AvgIpc) is 3.21. The summed E-state index contributed by atoms with van der Waals surface area (Å²) in [5.74, 6) is 0.784. The van der Waals surface area contributed by atoms with Gasteiger partial charge in [-0.15, -0.1) is 11.3 Å². The van der Waals surface area contributed by atoms with E-state index in [1.807, 2.05) is 48.5 Å². The Hall–Kier alpha value is -3.16. The Kier molecular flexibility index (Phi) is 6.96. The summed E-state index contributed by atoms with van der Waals surface area (Å²) in [6.07, 6.45) is 1.60. The third-order valence-electron chi connectivity index (χ3n) is 4.43. The van der Waals surface area contributed by atoms with Crippen molar-refractivity contribution in [3.63, 3.8) is 0 Å². The third-order valence-corrected chi connectivity index (χ3v) is 6.61. The Labute approximate surface area is 189 Å². The van der Waals surface area contributed by atoms with Crippen LogP contribution in [0.5, 0.6) is 5.75 Å². The molecule has 156 valence electrons. The van der Waals surface area contributed by atoms with Crippen LogP contribution in [-0.2, 0) is 11.4 Å². The number of aromatic nitrogens is 1. The largest absolute Gasteiger partial charge is 0.488 e. The molecule has 4 aromatic rings. The molecule has 0 aliphatic rings. The minimum absolute atomic E-state index is 0.182. The van der Waals surface area contributed by atoms with Gasteiger partial charge in [-0.2, -0.15) is 5.10 Å². The molecular weight excluding hydrogens is 426 g/mol. The Morgan fingerprint density at radius 1 is 1.10 bits per heavy atom. The quantitative estimate of drug-likeness (QED) is 0.222. The van der Waals surface area contributed by atoms with Crippen LogP contribution in [-0.4, -0.2) is 22.9 Å². The summed E-state index contributed by atoms with van der Waals surface area (Å²) >= 11 is 2.99. The molecule has 0 fully saturated rings. The molecular formula is C24H21N3O2S2. The van der Waals surface area contributed by atoms with Crippen LogP contribution in [0.2, 0.25) is 0 Å². The fourth-order valence-corrected chi connectivity index (χ4v) is 4.67. The van der Waals surface area contributed by atoms with Crippen molar-refractivity contribution in [2.45, 2.75) is 17.9 Å². The fraction of sp³-hybridized carbons (Fsp3) is 0.125. The van der Waals surface area contributed by atoms with Crippen molar-refractivity contribution >= 4 is 45.4 Å². The van der Waals surface area contributed by atoms with E-state index in [-0.39, 0.29) is 11.7 Å². The van der Waals surface area contributed by atoms with Gasteiger partial charge in [-0.05, 0) is 36.8 Å². The van der Waals surface area contributed by atoms with Gasteiger partial charge in [0.25, 0.3) is 5.91 Å². The van der Waals surface area contributed by atoms with Gasteiger partial charge in [0.2, 0.25) is 0 Å². The predicted molar refractivity (Wildman–Crippen MR) is 128 cm³/mol. The maximum absolute atomic E-state index is 12.1. The molecule has 3 aromatic carbocycles. The smallest absolute Gasteiger partial charge is 0.250 e. The standard InChI is InChI=1S/C24H21N3O2S2/c1-17-10-12-18(13-11-17)15-29-21-8-4-2-6-19(21)14-25-27-23(28)16-30-24-26-20-7-3-5-9-22(20)31-24/h2-14H,15-16H2,1H3,(H,27,28)/b25-14+. The third kappa shape index (κ3) is 5.93.